The number of aryl methyl sites for hydroxylation is 2. The zero-order chi connectivity index (χ0) is 21.4. The van der Waals surface area contributed by atoms with Crippen LogP contribution in [0.1, 0.15) is 56.1 Å². The summed E-state index contributed by atoms with van der Waals surface area (Å²) in [4.78, 5) is 33.4. The van der Waals surface area contributed by atoms with E-state index in [0.29, 0.717) is 23.3 Å². The average molecular weight is 404 g/mol. The lowest BCUT2D eigenvalue weighted by atomic mass is 10.1. The first kappa shape index (κ1) is 20.3. The Bertz CT molecular complexity index is 1160. The summed E-state index contributed by atoms with van der Waals surface area (Å²) < 4.78 is 1.70. The van der Waals surface area contributed by atoms with Crippen molar-refractivity contribution >= 4 is 16.8 Å². The Kier molecular flexibility index (Phi) is 5.46. The van der Waals surface area contributed by atoms with Gasteiger partial charge in [0, 0.05) is 12.5 Å². The lowest BCUT2D eigenvalue weighted by Crippen LogP contribution is -2.38. The molecule has 0 radical (unpaired) electrons. The first-order valence-corrected chi connectivity index (χ1v) is 10.8. The number of aromatic nitrogens is 2. The molecule has 1 amide bonds. The van der Waals surface area contributed by atoms with Gasteiger partial charge in [-0.1, -0.05) is 25.1 Å². The van der Waals surface area contributed by atoms with Crippen molar-refractivity contribution in [2.24, 2.45) is 5.92 Å². The fourth-order valence-electron chi connectivity index (χ4n) is 3.98. The first-order chi connectivity index (χ1) is 14.4. The summed E-state index contributed by atoms with van der Waals surface area (Å²) >= 11 is 0. The molecule has 1 saturated carbocycles. The molecule has 1 atom stereocenters. The molecule has 0 bridgehead atoms. The van der Waals surface area contributed by atoms with Crippen LogP contribution in [0.4, 0.5) is 0 Å². The third kappa shape index (κ3) is 3.64. The van der Waals surface area contributed by atoms with Gasteiger partial charge in [0.05, 0.1) is 22.6 Å². The molecule has 1 aliphatic carbocycles. The number of para-hydroxylation sites is 1. The number of carbonyl (C=O) groups is 1. The maximum absolute atomic E-state index is 13.6. The van der Waals surface area contributed by atoms with E-state index < -0.39 is 0 Å². The van der Waals surface area contributed by atoms with Crippen LogP contribution in [0.2, 0.25) is 0 Å². The lowest BCUT2D eigenvalue weighted by molar-refractivity contribution is -0.135. The van der Waals surface area contributed by atoms with E-state index in [1.165, 1.54) is 5.56 Å². The zero-order valence-corrected chi connectivity index (χ0v) is 18.2. The van der Waals surface area contributed by atoms with E-state index in [1.807, 2.05) is 61.2 Å². The smallest absolute Gasteiger partial charge is 0.266 e. The van der Waals surface area contributed by atoms with Crippen molar-refractivity contribution in [1.82, 2.24) is 14.5 Å². The van der Waals surface area contributed by atoms with Gasteiger partial charge in [0.25, 0.3) is 5.56 Å². The lowest BCUT2D eigenvalue weighted by Gasteiger charge is -2.30. The molecular weight excluding hydrogens is 374 g/mol. The molecule has 0 saturated heterocycles. The molecule has 156 valence electrons. The van der Waals surface area contributed by atoms with Crippen LogP contribution in [0.5, 0.6) is 0 Å². The number of benzene rings is 2. The highest BCUT2D eigenvalue weighted by molar-refractivity contribution is 5.82. The Hall–Kier alpha value is -2.95. The van der Waals surface area contributed by atoms with Crippen molar-refractivity contribution in [2.75, 3.05) is 6.54 Å². The van der Waals surface area contributed by atoms with E-state index in [0.717, 1.165) is 30.5 Å². The number of hydrogen-bond acceptors (Lipinski definition) is 3. The Morgan fingerprint density at radius 3 is 2.57 bits per heavy atom. The van der Waals surface area contributed by atoms with E-state index in [1.54, 1.807) is 4.57 Å². The van der Waals surface area contributed by atoms with Gasteiger partial charge in [-0.25, -0.2) is 4.98 Å². The molecular formula is C25H29N3O2. The highest BCUT2D eigenvalue weighted by atomic mass is 16.2. The molecule has 1 unspecified atom stereocenters. The monoisotopic (exact) mass is 403 g/mol. The number of fused-ring (bicyclic) bond motifs is 1. The summed E-state index contributed by atoms with van der Waals surface area (Å²) in [6, 6.07) is 13.2. The van der Waals surface area contributed by atoms with Crippen LogP contribution in [0.15, 0.2) is 47.3 Å². The largest absolute Gasteiger partial charge is 0.333 e. The maximum Gasteiger partial charge on any atom is 0.266 e. The summed E-state index contributed by atoms with van der Waals surface area (Å²) in [6.45, 7) is 8.82. The van der Waals surface area contributed by atoms with Gasteiger partial charge < -0.3 is 4.90 Å². The molecule has 1 heterocycles. The Morgan fingerprint density at radius 1 is 1.17 bits per heavy atom. The molecule has 5 nitrogen and oxygen atoms in total. The SMILES string of the molecule is CCCN(C(=O)C1CC1)C(C)c1nc2ccccc2c(=O)n1-c1ccc(C)c(C)c1. The summed E-state index contributed by atoms with van der Waals surface area (Å²) in [5.74, 6) is 0.920. The summed E-state index contributed by atoms with van der Waals surface area (Å²) in [7, 11) is 0. The van der Waals surface area contributed by atoms with Gasteiger partial charge in [-0.3, -0.25) is 14.2 Å². The van der Waals surface area contributed by atoms with Crippen molar-refractivity contribution in [3.05, 3.63) is 69.8 Å². The minimum Gasteiger partial charge on any atom is -0.333 e. The molecule has 1 aliphatic rings. The van der Waals surface area contributed by atoms with E-state index in [4.69, 9.17) is 4.98 Å². The van der Waals surface area contributed by atoms with E-state index >= 15 is 0 Å². The minimum absolute atomic E-state index is 0.0963. The van der Waals surface area contributed by atoms with Crippen molar-refractivity contribution in [2.45, 2.75) is 53.0 Å². The molecule has 1 fully saturated rings. The second-order valence-corrected chi connectivity index (χ2v) is 8.38. The molecule has 0 N–H and O–H groups in total. The van der Waals surface area contributed by atoms with Crippen LogP contribution in [-0.4, -0.2) is 26.9 Å². The van der Waals surface area contributed by atoms with Crippen molar-refractivity contribution in [1.29, 1.82) is 0 Å². The highest BCUT2D eigenvalue weighted by Gasteiger charge is 2.36. The molecule has 0 aliphatic heterocycles. The van der Waals surface area contributed by atoms with Crippen LogP contribution in [0.3, 0.4) is 0 Å². The molecule has 5 heteroatoms. The number of amides is 1. The van der Waals surface area contributed by atoms with Crippen LogP contribution >= 0.6 is 0 Å². The topological polar surface area (TPSA) is 55.2 Å². The van der Waals surface area contributed by atoms with Crippen molar-refractivity contribution in [3.63, 3.8) is 0 Å². The molecule has 3 aromatic rings. The number of hydrogen-bond donors (Lipinski definition) is 0. The normalized spacial score (nSPS) is 14.7. The predicted octanol–water partition coefficient (Wildman–Crippen LogP) is 4.71. The Morgan fingerprint density at radius 2 is 1.90 bits per heavy atom. The fourth-order valence-corrected chi connectivity index (χ4v) is 3.98. The predicted molar refractivity (Wildman–Crippen MR) is 120 cm³/mol. The molecule has 0 spiro atoms. The van der Waals surface area contributed by atoms with Crippen LogP contribution < -0.4 is 5.56 Å². The van der Waals surface area contributed by atoms with Gasteiger partial charge >= 0.3 is 0 Å². The fraction of sp³-hybridized carbons (Fsp3) is 0.400. The van der Waals surface area contributed by atoms with Crippen LogP contribution in [0, 0.1) is 19.8 Å². The standard InChI is InChI=1S/C25H29N3O2/c1-5-14-27(24(29)19-11-12-19)18(4)23-26-22-9-7-6-8-21(22)25(30)28(23)20-13-10-16(2)17(3)15-20/h6-10,13,15,18-19H,5,11-12,14H2,1-4H3. The van der Waals surface area contributed by atoms with Gasteiger partial charge in [-0.2, -0.15) is 0 Å². The van der Waals surface area contributed by atoms with Crippen molar-refractivity contribution in [3.8, 4) is 5.69 Å². The van der Waals surface area contributed by atoms with Gasteiger partial charge in [-0.05, 0) is 75.4 Å². The second-order valence-electron chi connectivity index (χ2n) is 8.38. The molecule has 1 aromatic heterocycles. The van der Waals surface area contributed by atoms with Crippen LogP contribution in [0.25, 0.3) is 16.6 Å². The van der Waals surface area contributed by atoms with E-state index in [2.05, 4.69) is 13.8 Å². The van der Waals surface area contributed by atoms with Gasteiger partial charge in [0.15, 0.2) is 0 Å². The summed E-state index contributed by atoms with van der Waals surface area (Å²) in [5.41, 5.74) is 3.65. The number of nitrogens with zero attached hydrogens (tertiary/aromatic N) is 3. The zero-order valence-electron chi connectivity index (χ0n) is 18.2. The first-order valence-electron chi connectivity index (χ1n) is 10.8. The summed E-state index contributed by atoms with van der Waals surface area (Å²) in [6.07, 6.45) is 2.78. The summed E-state index contributed by atoms with van der Waals surface area (Å²) in [5, 5.41) is 0.585. The number of carbonyl (C=O) groups excluding carboxylic acids is 1. The molecule has 2 aromatic carbocycles. The van der Waals surface area contributed by atoms with Crippen molar-refractivity contribution < 1.29 is 4.79 Å². The maximum atomic E-state index is 13.6. The van der Waals surface area contributed by atoms with E-state index in [9.17, 15) is 9.59 Å². The quantitative estimate of drug-likeness (QED) is 0.599. The second kappa shape index (κ2) is 8.05. The average Bonchev–Trinajstić information content (AvgIpc) is 3.58. The van der Waals surface area contributed by atoms with Gasteiger partial charge in [0.2, 0.25) is 5.91 Å². The minimum atomic E-state index is -0.294. The number of rotatable bonds is 6. The van der Waals surface area contributed by atoms with Gasteiger partial charge in [0.1, 0.15) is 5.82 Å². The third-order valence-corrected chi connectivity index (χ3v) is 6.07. The van der Waals surface area contributed by atoms with E-state index in [-0.39, 0.29) is 23.4 Å². The van der Waals surface area contributed by atoms with Crippen LogP contribution in [-0.2, 0) is 4.79 Å². The molecule has 30 heavy (non-hydrogen) atoms. The Labute approximate surface area is 177 Å². The van der Waals surface area contributed by atoms with Gasteiger partial charge in [-0.15, -0.1) is 0 Å². The highest BCUT2D eigenvalue weighted by Crippen LogP contribution is 2.34. The Balaban J connectivity index is 1.93. The molecule has 4 rings (SSSR count). The third-order valence-electron chi connectivity index (χ3n) is 6.07.